The zero-order valence-corrected chi connectivity index (χ0v) is 16.0. The smallest absolute Gasteiger partial charge is 0.251 e. The van der Waals surface area contributed by atoms with Gasteiger partial charge in [0.25, 0.3) is 5.91 Å². The van der Waals surface area contributed by atoms with Crippen molar-refractivity contribution in [2.45, 2.75) is 19.4 Å². The molecule has 6 heteroatoms. The van der Waals surface area contributed by atoms with Crippen molar-refractivity contribution in [3.63, 3.8) is 0 Å². The number of benzene rings is 2. The molecule has 1 heterocycles. The number of fused-ring (bicyclic) bond motifs is 1. The number of nitrogens with one attached hydrogen (secondary N) is 2. The molecule has 27 heavy (non-hydrogen) atoms. The van der Waals surface area contributed by atoms with Gasteiger partial charge in [0.1, 0.15) is 11.9 Å². The largest absolute Gasteiger partial charge is 0.493 e. The number of hydrogen-bond donors (Lipinski definition) is 2. The minimum absolute atomic E-state index is 0.128. The lowest BCUT2D eigenvalue weighted by Gasteiger charge is -2.34. The van der Waals surface area contributed by atoms with Crippen molar-refractivity contribution >= 4 is 5.91 Å². The third-order valence-electron chi connectivity index (χ3n) is 5.26. The van der Waals surface area contributed by atoms with Crippen LogP contribution < -0.4 is 19.7 Å². The van der Waals surface area contributed by atoms with Crippen LogP contribution in [0.5, 0.6) is 11.5 Å². The lowest BCUT2D eigenvalue weighted by atomic mass is 9.91. The van der Waals surface area contributed by atoms with Crippen LogP contribution in [0.4, 0.5) is 4.39 Å². The van der Waals surface area contributed by atoms with Gasteiger partial charge in [-0.1, -0.05) is 0 Å². The molecule has 1 aliphatic heterocycles. The minimum Gasteiger partial charge on any atom is -0.493 e. The lowest BCUT2D eigenvalue weighted by Crippen LogP contribution is -3.13. The first-order valence-corrected chi connectivity index (χ1v) is 9.20. The Morgan fingerprint density at radius 1 is 1.19 bits per heavy atom. The van der Waals surface area contributed by atoms with Gasteiger partial charge in [0.15, 0.2) is 11.5 Å². The van der Waals surface area contributed by atoms with Crippen molar-refractivity contribution in [3.8, 4) is 11.5 Å². The van der Waals surface area contributed by atoms with Crippen LogP contribution in [0.25, 0.3) is 0 Å². The molecular formula is C21H26FN2O3+. The van der Waals surface area contributed by atoms with E-state index in [9.17, 15) is 9.18 Å². The summed E-state index contributed by atoms with van der Waals surface area (Å²) in [6, 6.07) is 9.78. The van der Waals surface area contributed by atoms with Crippen molar-refractivity contribution in [1.82, 2.24) is 5.32 Å². The summed E-state index contributed by atoms with van der Waals surface area (Å²) < 4.78 is 24.0. The highest BCUT2D eigenvalue weighted by atomic mass is 19.1. The van der Waals surface area contributed by atoms with Gasteiger partial charge in [-0.15, -0.1) is 0 Å². The Kier molecular flexibility index (Phi) is 5.96. The molecule has 1 unspecified atom stereocenters. The number of ether oxygens (including phenoxy) is 2. The van der Waals surface area contributed by atoms with Crippen LogP contribution in [0.1, 0.15) is 34.5 Å². The lowest BCUT2D eigenvalue weighted by molar-refractivity contribution is -0.930. The molecule has 0 aromatic heterocycles. The van der Waals surface area contributed by atoms with Crippen molar-refractivity contribution < 1.29 is 23.6 Å². The van der Waals surface area contributed by atoms with Gasteiger partial charge in [0.2, 0.25) is 0 Å². The van der Waals surface area contributed by atoms with Gasteiger partial charge < -0.3 is 19.7 Å². The number of quaternary nitrogens is 1. The van der Waals surface area contributed by atoms with Crippen molar-refractivity contribution in [2.24, 2.45) is 0 Å². The quantitative estimate of drug-likeness (QED) is 0.812. The second kappa shape index (κ2) is 8.39. The number of halogens is 1. The average molecular weight is 373 g/mol. The molecule has 5 nitrogen and oxygen atoms in total. The summed E-state index contributed by atoms with van der Waals surface area (Å²) in [6.45, 7) is 4.61. The normalized spacial score (nSPS) is 18.5. The molecule has 0 aliphatic carbocycles. The number of amides is 1. The number of methoxy groups -OCH3 is 2. The Morgan fingerprint density at radius 3 is 2.48 bits per heavy atom. The SMILES string of the molecule is CC[NH+]1CCc2cc(OC)c(OC)cc2[C@H]1CNC(=O)c1ccc(F)cc1. The van der Waals surface area contributed by atoms with E-state index in [4.69, 9.17) is 9.47 Å². The predicted octanol–water partition coefficient (Wildman–Crippen LogP) is 1.77. The van der Waals surface area contributed by atoms with E-state index in [1.165, 1.54) is 40.3 Å². The van der Waals surface area contributed by atoms with E-state index >= 15 is 0 Å². The number of carbonyl (C=O) groups is 1. The molecule has 2 atom stereocenters. The number of likely N-dealkylation sites (N-methyl/N-ethyl adjacent to an activating group) is 1. The summed E-state index contributed by atoms with van der Waals surface area (Å²) >= 11 is 0. The van der Waals surface area contributed by atoms with Gasteiger partial charge in [0, 0.05) is 17.5 Å². The molecular weight excluding hydrogens is 347 g/mol. The molecule has 3 rings (SSSR count). The Bertz CT molecular complexity index is 808. The van der Waals surface area contributed by atoms with E-state index in [2.05, 4.69) is 12.2 Å². The molecule has 1 aliphatic rings. The molecule has 144 valence electrons. The maximum atomic E-state index is 13.1. The number of hydrogen-bond acceptors (Lipinski definition) is 3. The summed E-state index contributed by atoms with van der Waals surface area (Å²) in [6.07, 6.45) is 0.960. The summed E-state index contributed by atoms with van der Waals surface area (Å²) in [5.41, 5.74) is 2.86. The van der Waals surface area contributed by atoms with E-state index < -0.39 is 0 Å². The first-order valence-electron chi connectivity index (χ1n) is 9.20. The third-order valence-corrected chi connectivity index (χ3v) is 5.26. The molecule has 0 fully saturated rings. The zero-order chi connectivity index (χ0) is 19.4. The standard InChI is InChI=1S/C21H25FN2O3/c1-4-24-10-9-15-11-19(26-2)20(27-3)12-17(15)18(24)13-23-21(25)14-5-7-16(22)8-6-14/h5-8,11-12,18H,4,9-10,13H2,1-3H3,(H,23,25)/p+1/t18-/m1/s1. The summed E-state index contributed by atoms with van der Waals surface area (Å²) in [7, 11) is 3.26. The Labute approximate surface area is 159 Å². The van der Waals surface area contributed by atoms with Crippen molar-refractivity contribution in [3.05, 3.63) is 58.9 Å². The fourth-order valence-corrected chi connectivity index (χ4v) is 3.74. The fraction of sp³-hybridized carbons (Fsp3) is 0.381. The number of carbonyl (C=O) groups excluding carboxylic acids is 1. The van der Waals surface area contributed by atoms with E-state index in [1.54, 1.807) is 14.2 Å². The van der Waals surface area contributed by atoms with Crippen LogP contribution in [-0.4, -0.2) is 39.8 Å². The van der Waals surface area contributed by atoms with Gasteiger partial charge in [-0.2, -0.15) is 0 Å². The zero-order valence-electron chi connectivity index (χ0n) is 16.0. The summed E-state index contributed by atoms with van der Waals surface area (Å²) in [5.74, 6) is 0.877. The predicted molar refractivity (Wildman–Crippen MR) is 101 cm³/mol. The molecule has 2 aromatic rings. The van der Waals surface area contributed by atoms with E-state index in [1.807, 2.05) is 12.1 Å². The minimum atomic E-state index is -0.351. The topological polar surface area (TPSA) is 52.0 Å². The average Bonchev–Trinajstić information content (AvgIpc) is 2.70. The van der Waals surface area contributed by atoms with Crippen LogP contribution >= 0.6 is 0 Å². The first kappa shape index (κ1) is 19.2. The molecule has 0 radical (unpaired) electrons. The molecule has 0 saturated heterocycles. The molecule has 2 aromatic carbocycles. The van der Waals surface area contributed by atoms with Crippen LogP contribution in [0.2, 0.25) is 0 Å². The van der Waals surface area contributed by atoms with E-state index in [0.717, 1.165) is 25.3 Å². The van der Waals surface area contributed by atoms with Gasteiger partial charge in [-0.05, 0) is 48.9 Å². The van der Waals surface area contributed by atoms with Crippen molar-refractivity contribution in [2.75, 3.05) is 33.9 Å². The van der Waals surface area contributed by atoms with Crippen LogP contribution in [0.15, 0.2) is 36.4 Å². The monoisotopic (exact) mass is 373 g/mol. The van der Waals surface area contributed by atoms with E-state index in [0.29, 0.717) is 17.9 Å². The van der Waals surface area contributed by atoms with Gasteiger partial charge in [0.05, 0.1) is 33.9 Å². The second-order valence-corrected chi connectivity index (χ2v) is 6.69. The highest BCUT2D eigenvalue weighted by Crippen LogP contribution is 2.33. The van der Waals surface area contributed by atoms with Crippen LogP contribution in [-0.2, 0) is 6.42 Å². The number of rotatable bonds is 6. The fourth-order valence-electron chi connectivity index (χ4n) is 3.74. The van der Waals surface area contributed by atoms with Crippen LogP contribution in [0.3, 0.4) is 0 Å². The molecule has 2 N–H and O–H groups in total. The maximum Gasteiger partial charge on any atom is 0.251 e. The highest BCUT2D eigenvalue weighted by Gasteiger charge is 2.31. The van der Waals surface area contributed by atoms with Gasteiger partial charge in [-0.25, -0.2) is 4.39 Å². The van der Waals surface area contributed by atoms with Gasteiger partial charge >= 0.3 is 0 Å². The Morgan fingerprint density at radius 2 is 1.85 bits per heavy atom. The van der Waals surface area contributed by atoms with E-state index in [-0.39, 0.29) is 17.8 Å². The molecule has 0 spiro atoms. The second-order valence-electron chi connectivity index (χ2n) is 6.69. The Balaban J connectivity index is 1.83. The molecule has 1 amide bonds. The van der Waals surface area contributed by atoms with Crippen molar-refractivity contribution in [1.29, 1.82) is 0 Å². The Hall–Kier alpha value is -2.60. The summed E-state index contributed by atoms with van der Waals surface area (Å²) in [5, 5.41) is 3.01. The van der Waals surface area contributed by atoms with Gasteiger partial charge in [-0.3, -0.25) is 4.79 Å². The maximum absolute atomic E-state index is 13.1. The third kappa shape index (κ3) is 4.06. The molecule has 0 bridgehead atoms. The van der Waals surface area contributed by atoms with Crippen LogP contribution in [0, 0.1) is 5.82 Å². The molecule has 0 saturated carbocycles. The summed E-state index contributed by atoms with van der Waals surface area (Å²) in [4.78, 5) is 13.9. The highest BCUT2D eigenvalue weighted by molar-refractivity contribution is 5.94. The first-order chi connectivity index (χ1) is 13.1.